The van der Waals surface area contributed by atoms with Crippen molar-refractivity contribution in [1.29, 1.82) is 0 Å². The molecule has 0 rings (SSSR count). The summed E-state index contributed by atoms with van der Waals surface area (Å²) in [6.45, 7) is 17.9. The molecule has 0 spiro atoms. The first kappa shape index (κ1) is 26.5. The largest absolute Gasteiger partial charge is 0.508 e. The fourth-order valence-corrected chi connectivity index (χ4v) is 2.70. The molecule has 0 radical (unpaired) electrons. The standard InChI is InChI=1S/C20H39N3O5/c1-15(2)27-16(3)14-20(8,9)26-13-11-19(6,7)28-17(24)25-12-10-18(4,5)22-23-21/h15-16H,10-14H2,1-9H3. The Morgan fingerprint density at radius 1 is 1.00 bits per heavy atom. The van der Waals surface area contributed by atoms with Crippen molar-refractivity contribution in [2.75, 3.05) is 13.2 Å². The molecule has 0 aromatic rings. The van der Waals surface area contributed by atoms with Crippen molar-refractivity contribution in [3.8, 4) is 0 Å². The van der Waals surface area contributed by atoms with Crippen LogP contribution in [0.2, 0.25) is 0 Å². The summed E-state index contributed by atoms with van der Waals surface area (Å²) in [6.07, 6.45) is 1.27. The molecule has 28 heavy (non-hydrogen) atoms. The number of rotatable bonds is 13. The van der Waals surface area contributed by atoms with E-state index in [0.29, 0.717) is 19.4 Å². The van der Waals surface area contributed by atoms with Gasteiger partial charge in [-0.15, -0.1) is 0 Å². The average Bonchev–Trinajstić information content (AvgIpc) is 2.43. The molecule has 1 unspecified atom stereocenters. The van der Waals surface area contributed by atoms with Crippen molar-refractivity contribution in [2.45, 2.75) is 111 Å². The highest BCUT2D eigenvalue weighted by molar-refractivity contribution is 5.60. The Hall–Kier alpha value is -1.50. The second kappa shape index (κ2) is 11.5. The Kier molecular flexibility index (Phi) is 10.9. The molecular formula is C20H39N3O5. The second-order valence-electron chi connectivity index (χ2n) is 9.27. The van der Waals surface area contributed by atoms with E-state index in [1.165, 1.54) is 0 Å². The molecule has 0 heterocycles. The van der Waals surface area contributed by atoms with E-state index in [1.807, 2.05) is 48.5 Å². The molecule has 1 atom stereocenters. The molecule has 0 fully saturated rings. The van der Waals surface area contributed by atoms with E-state index in [4.69, 9.17) is 24.5 Å². The van der Waals surface area contributed by atoms with Crippen LogP contribution in [0.5, 0.6) is 0 Å². The van der Waals surface area contributed by atoms with Crippen LogP contribution in [0.3, 0.4) is 0 Å². The number of carbonyl (C=O) groups excluding carboxylic acids is 1. The van der Waals surface area contributed by atoms with E-state index in [0.717, 1.165) is 6.42 Å². The normalized spacial score (nSPS) is 13.8. The van der Waals surface area contributed by atoms with Crippen molar-refractivity contribution >= 4 is 6.16 Å². The van der Waals surface area contributed by atoms with Gasteiger partial charge >= 0.3 is 6.16 Å². The summed E-state index contributed by atoms with van der Waals surface area (Å²) < 4.78 is 22.3. The van der Waals surface area contributed by atoms with E-state index < -0.39 is 17.3 Å². The lowest BCUT2D eigenvalue weighted by Gasteiger charge is -2.31. The molecule has 0 saturated heterocycles. The number of ether oxygens (including phenoxy) is 4. The lowest BCUT2D eigenvalue weighted by molar-refractivity contribution is -0.0896. The summed E-state index contributed by atoms with van der Waals surface area (Å²) in [6, 6.07) is 0. The Morgan fingerprint density at radius 3 is 2.14 bits per heavy atom. The monoisotopic (exact) mass is 401 g/mol. The summed E-state index contributed by atoms with van der Waals surface area (Å²) in [5.41, 5.74) is 6.84. The first-order valence-corrected chi connectivity index (χ1v) is 9.89. The Labute approximate surface area is 169 Å². The van der Waals surface area contributed by atoms with Crippen LogP contribution in [0.15, 0.2) is 5.11 Å². The summed E-state index contributed by atoms with van der Waals surface area (Å²) in [5, 5.41) is 3.65. The van der Waals surface area contributed by atoms with Gasteiger partial charge < -0.3 is 18.9 Å². The highest BCUT2D eigenvalue weighted by Crippen LogP contribution is 2.23. The van der Waals surface area contributed by atoms with Crippen LogP contribution in [0.25, 0.3) is 10.4 Å². The number of carbonyl (C=O) groups is 1. The topological polar surface area (TPSA) is 103 Å². The van der Waals surface area contributed by atoms with Crippen molar-refractivity contribution in [1.82, 2.24) is 0 Å². The Bertz CT molecular complexity index is 526. The number of azide groups is 1. The average molecular weight is 402 g/mol. The van der Waals surface area contributed by atoms with E-state index in [9.17, 15) is 4.79 Å². The molecule has 0 amide bonds. The third kappa shape index (κ3) is 13.6. The zero-order valence-corrected chi connectivity index (χ0v) is 19.1. The number of hydrogen-bond donors (Lipinski definition) is 0. The van der Waals surface area contributed by atoms with Crippen LogP contribution in [0.4, 0.5) is 4.79 Å². The van der Waals surface area contributed by atoms with Gasteiger partial charge in [-0.3, -0.25) is 0 Å². The minimum Gasteiger partial charge on any atom is -0.434 e. The van der Waals surface area contributed by atoms with E-state index >= 15 is 0 Å². The minimum absolute atomic E-state index is 0.101. The van der Waals surface area contributed by atoms with Crippen LogP contribution in [-0.2, 0) is 18.9 Å². The molecule has 0 aliphatic carbocycles. The van der Waals surface area contributed by atoms with E-state index in [1.54, 1.807) is 13.8 Å². The van der Waals surface area contributed by atoms with Crippen molar-refractivity contribution in [3.63, 3.8) is 0 Å². The molecule has 0 aliphatic rings. The number of nitrogens with zero attached hydrogens (tertiary/aromatic N) is 3. The SMILES string of the molecule is CC(C)OC(C)CC(C)(C)OCCC(C)(C)OC(=O)OCCC(C)(C)N=[N+]=[N-]. The maximum Gasteiger partial charge on any atom is 0.508 e. The van der Waals surface area contributed by atoms with Crippen molar-refractivity contribution in [2.24, 2.45) is 5.11 Å². The molecule has 0 aliphatic heterocycles. The van der Waals surface area contributed by atoms with Crippen molar-refractivity contribution in [3.05, 3.63) is 10.4 Å². The quantitative estimate of drug-likeness (QED) is 0.168. The summed E-state index contributed by atoms with van der Waals surface area (Å²) in [4.78, 5) is 14.7. The van der Waals surface area contributed by atoms with Gasteiger partial charge in [0.15, 0.2) is 0 Å². The van der Waals surface area contributed by atoms with Gasteiger partial charge in [-0.2, -0.15) is 0 Å². The van der Waals surface area contributed by atoms with Crippen LogP contribution in [-0.4, -0.2) is 48.3 Å². The van der Waals surface area contributed by atoms with Gasteiger partial charge in [0, 0.05) is 23.3 Å². The molecular weight excluding hydrogens is 362 g/mol. The molecule has 164 valence electrons. The molecule has 0 aromatic heterocycles. The smallest absolute Gasteiger partial charge is 0.434 e. The van der Waals surface area contributed by atoms with Crippen LogP contribution >= 0.6 is 0 Å². The summed E-state index contributed by atoms with van der Waals surface area (Å²) in [5.74, 6) is 0. The van der Waals surface area contributed by atoms with Gasteiger partial charge in [0.25, 0.3) is 0 Å². The fourth-order valence-electron chi connectivity index (χ4n) is 2.70. The van der Waals surface area contributed by atoms with Gasteiger partial charge in [-0.25, -0.2) is 4.79 Å². The van der Waals surface area contributed by atoms with Gasteiger partial charge in [-0.05, 0) is 60.4 Å². The van der Waals surface area contributed by atoms with Gasteiger partial charge in [0.1, 0.15) is 5.60 Å². The minimum atomic E-state index is -0.736. The Morgan fingerprint density at radius 2 is 1.61 bits per heavy atom. The Balaban J connectivity index is 4.28. The predicted molar refractivity (Wildman–Crippen MR) is 109 cm³/mol. The first-order chi connectivity index (χ1) is 12.7. The maximum absolute atomic E-state index is 11.9. The van der Waals surface area contributed by atoms with Crippen LogP contribution in [0, 0.1) is 0 Å². The highest BCUT2D eigenvalue weighted by Gasteiger charge is 2.28. The maximum atomic E-state index is 11.9. The van der Waals surface area contributed by atoms with Gasteiger partial charge in [-0.1, -0.05) is 19.0 Å². The van der Waals surface area contributed by atoms with Gasteiger partial charge in [0.05, 0.1) is 31.0 Å². The fraction of sp³-hybridized carbons (Fsp3) is 0.950. The van der Waals surface area contributed by atoms with E-state index in [-0.39, 0.29) is 24.4 Å². The molecule has 0 N–H and O–H groups in total. The van der Waals surface area contributed by atoms with E-state index in [2.05, 4.69) is 10.0 Å². The first-order valence-electron chi connectivity index (χ1n) is 9.89. The lowest BCUT2D eigenvalue weighted by Crippen LogP contribution is -2.35. The van der Waals surface area contributed by atoms with Gasteiger partial charge in [0.2, 0.25) is 0 Å². The second-order valence-corrected chi connectivity index (χ2v) is 9.27. The van der Waals surface area contributed by atoms with Crippen molar-refractivity contribution < 1.29 is 23.7 Å². The zero-order chi connectivity index (χ0) is 22.0. The highest BCUT2D eigenvalue weighted by atomic mass is 16.7. The van der Waals surface area contributed by atoms with Crippen LogP contribution in [0.1, 0.15) is 81.6 Å². The third-order valence-corrected chi connectivity index (χ3v) is 4.09. The molecule has 8 nitrogen and oxygen atoms in total. The predicted octanol–water partition coefficient (Wildman–Crippen LogP) is 5.79. The number of hydrogen-bond acceptors (Lipinski definition) is 6. The third-order valence-electron chi connectivity index (χ3n) is 4.09. The summed E-state index contributed by atoms with van der Waals surface area (Å²) in [7, 11) is 0. The zero-order valence-electron chi connectivity index (χ0n) is 19.1. The molecule has 0 bridgehead atoms. The molecule has 0 saturated carbocycles. The van der Waals surface area contributed by atoms with Crippen LogP contribution < -0.4 is 0 Å². The molecule has 0 aromatic carbocycles. The summed E-state index contributed by atoms with van der Waals surface area (Å²) >= 11 is 0. The lowest BCUT2D eigenvalue weighted by atomic mass is 10.0. The molecule has 8 heteroatoms.